The van der Waals surface area contributed by atoms with E-state index >= 15 is 0 Å². The molecule has 3 rings (SSSR count). The first kappa shape index (κ1) is 18.9. The number of esters is 1. The lowest BCUT2D eigenvalue weighted by Gasteiger charge is -2.10. The SMILES string of the molecule is O=C(COC(=O)Cc1csc(N2CCCC2=O)n1)Nc1ccc(F)c(F)c1. The van der Waals surface area contributed by atoms with Crippen LogP contribution in [0.25, 0.3) is 0 Å². The number of rotatable bonds is 6. The number of thiazole rings is 1. The van der Waals surface area contributed by atoms with E-state index in [0.717, 1.165) is 18.6 Å². The van der Waals surface area contributed by atoms with Gasteiger partial charge < -0.3 is 10.1 Å². The van der Waals surface area contributed by atoms with Crippen molar-refractivity contribution in [3.05, 3.63) is 40.9 Å². The van der Waals surface area contributed by atoms with Crippen molar-refractivity contribution in [1.82, 2.24) is 4.98 Å². The monoisotopic (exact) mass is 395 g/mol. The van der Waals surface area contributed by atoms with Crippen molar-refractivity contribution < 1.29 is 27.9 Å². The summed E-state index contributed by atoms with van der Waals surface area (Å²) in [5, 5.41) is 4.49. The molecule has 2 aromatic rings. The highest BCUT2D eigenvalue weighted by Crippen LogP contribution is 2.25. The van der Waals surface area contributed by atoms with Gasteiger partial charge in [-0.05, 0) is 18.6 Å². The summed E-state index contributed by atoms with van der Waals surface area (Å²) in [6, 6.07) is 2.89. The standard InChI is InChI=1S/C17H15F2N3O4S/c18-12-4-3-10(6-13(12)19)20-14(23)8-26-16(25)7-11-9-27-17(21-11)22-5-1-2-15(22)24/h3-4,6,9H,1-2,5,7-8H2,(H,20,23). The minimum Gasteiger partial charge on any atom is -0.455 e. The molecule has 0 spiro atoms. The van der Waals surface area contributed by atoms with Crippen LogP contribution in [0.2, 0.25) is 0 Å². The highest BCUT2D eigenvalue weighted by molar-refractivity contribution is 7.14. The molecular formula is C17H15F2N3O4S. The van der Waals surface area contributed by atoms with Gasteiger partial charge in [0.25, 0.3) is 5.91 Å². The fraction of sp³-hybridized carbons (Fsp3) is 0.294. The van der Waals surface area contributed by atoms with Crippen molar-refractivity contribution in [2.24, 2.45) is 0 Å². The van der Waals surface area contributed by atoms with Crippen molar-refractivity contribution in [2.75, 3.05) is 23.4 Å². The van der Waals surface area contributed by atoms with Crippen LogP contribution in [0.4, 0.5) is 19.6 Å². The van der Waals surface area contributed by atoms with Gasteiger partial charge in [0.1, 0.15) is 0 Å². The molecule has 27 heavy (non-hydrogen) atoms. The molecule has 0 atom stereocenters. The third kappa shape index (κ3) is 4.85. The first-order valence-corrected chi connectivity index (χ1v) is 8.95. The lowest BCUT2D eigenvalue weighted by Crippen LogP contribution is -2.23. The number of hydrogen-bond donors (Lipinski definition) is 1. The molecule has 1 saturated heterocycles. The predicted molar refractivity (Wildman–Crippen MR) is 93.4 cm³/mol. The average Bonchev–Trinajstić information content (AvgIpc) is 3.25. The van der Waals surface area contributed by atoms with Gasteiger partial charge in [-0.15, -0.1) is 11.3 Å². The Morgan fingerprint density at radius 2 is 2.11 bits per heavy atom. The minimum absolute atomic E-state index is 0.00683. The van der Waals surface area contributed by atoms with Crippen molar-refractivity contribution in [3.63, 3.8) is 0 Å². The van der Waals surface area contributed by atoms with Gasteiger partial charge in [0.2, 0.25) is 5.91 Å². The van der Waals surface area contributed by atoms with Crippen LogP contribution in [0.1, 0.15) is 18.5 Å². The number of nitrogens with zero attached hydrogens (tertiary/aromatic N) is 2. The molecule has 10 heteroatoms. The Balaban J connectivity index is 1.46. The average molecular weight is 395 g/mol. The largest absolute Gasteiger partial charge is 0.455 e. The van der Waals surface area contributed by atoms with Crippen LogP contribution < -0.4 is 10.2 Å². The summed E-state index contributed by atoms with van der Waals surface area (Å²) >= 11 is 1.26. The van der Waals surface area contributed by atoms with Crippen molar-refractivity contribution in [3.8, 4) is 0 Å². The summed E-state index contributed by atoms with van der Waals surface area (Å²) in [4.78, 5) is 41.1. The third-order valence-electron chi connectivity index (χ3n) is 3.74. The Bertz CT molecular complexity index is 887. The van der Waals surface area contributed by atoms with Crippen LogP contribution in [0, 0.1) is 11.6 Å². The number of ether oxygens (including phenoxy) is 1. The van der Waals surface area contributed by atoms with Gasteiger partial charge >= 0.3 is 5.97 Å². The van der Waals surface area contributed by atoms with E-state index in [1.54, 1.807) is 10.3 Å². The number of anilines is 2. The van der Waals surface area contributed by atoms with E-state index in [9.17, 15) is 23.2 Å². The molecule has 0 bridgehead atoms. The van der Waals surface area contributed by atoms with Crippen molar-refractivity contribution in [2.45, 2.75) is 19.3 Å². The van der Waals surface area contributed by atoms with E-state index in [4.69, 9.17) is 4.74 Å². The molecule has 2 heterocycles. The maximum absolute atomic E-state index is 13.1. The van der Waals surface area contributed by atoms with E-state index in [1.807, 2.05) is 0 Å². The Kier molecular flexibility index (Phi) is 5.75. The summed E-state index contributed by atoms with van der Waals surface area (Å²) in [5.74, 6) is -3.47. The van der Waals surface area contributed by atoms with Crippen LogP contribution in [0.5, 0.6) is 0 Å². The van der Waals surface area contributed by atoms with Gasteiger partial charge in [0.15, 0.2) is 23.4 Å². The molecule has 7 nitrogen and oxygen atoms in total. The molecule has 2 amide bonds. The van der Waals surface area contributed by atoms with Gasteiger partial charge in [0.05, 0.1) is 12.1 Å². The van der Waals surface area contributed by atoms with Gasteiger partial charge in [-0.1, -0.05) is 0 Å². The highest BCUT2D eigenvalue weighted by atomic mass is 32.1. The molecule has 1 aromatic carbocycles. The molecule has 0 unspecified atom stereocenters. The number of carbonyl (C=O) groups excluding carboxylic acids is 3. The smallest absolute Gasteiger partial charge is 0.312 e. The summed E-state index contributed by atoms with van der Waals surface area (Å²) in [6.07, 6.45) is 1.13. The minimum atomic E-state index is -1.10. The van der Waals surface area contributed by atoms with Gasteiger partial charge in [0, 0.05) is 30.1 Å². The summed E-state index contributed by atoms with van der Waals surface area (Å²) in [6.45, 7) is 0.0415. The Morgan fingerprint density at radius 1 is 1.30 bits per heavy atom. The molecule has 1 N–H and O–H groups in total. The molecule has 142 valence electrons. The Labute approximate surface area is 157 Å². The van der Waals surface area contributed by atoms with E-state index < -0.39 is 30.1 Å². The van der Waals surface area contributed by atoms with Gasteiger partial charge in [-0.2, -0.15) is 0 Å². The quantitative estimate of drug-likeness (QED) is 0.758. The van der Waals surface area contributed by atoms with Crippen LogP contribution in [-0.2, 0) is 25.5 Å². The number of benzene rings is 1. The van der Waals surface area contributed by atoms with Crippen molar-refractivity contribution in [1.29, 1.82) is 0 Å². The van der Waals surface area contributed by atoms with Crippen LogP contribution in [0.15, 0.2) is 23.6 Å². The van der Waals surface area contributed by atoms with E-state index in [0.29, 0.717) is 23.8 Å². The summed E-state index contributed by atoms with van der Waals surface area (Å²) in [5.41, 5.74) is 0.495. The topological polar surface area (TPSA) is 88.6 Å². The second-order valence-corrected chi connectivity index (χ2v) is 6.62. The lowest BCUT2D eigenvalue weighted by molar-refractivity contribution is -0.146. The van der Waals surface area contributed by atoms with Crippen LogP contribution in [-0.4, -0.2) is 35.9 Å². The van der Waals surface area contributed by atoms with E-state index in [2.05, 4.69) is 10.3 Å². The fourth-order valence-corrected chi connectivity index (χ4v) is 3.34. The van der Waals surface area contributed by atoms with E-state index in [1.165, 1.54) is 17.4 Å². The maximum atomic E-state index is 13.1. The fourth-order valence-electron chi connectivity index (χ4n) is 2.47. The first-order valence-electron chi connectivity index (χ1n) is 8.07. The zero-order valence-electron chi connectivity index (χ0n) is 14.0. The predicted octanol–water partition coefficient (Wildman–Crippen LogP) is 2.27. The number of aromatic nitrogens is 1. The second-order valence-electron chi connectivity index (χ2n) is 5.78. The van der Waals surface area contributed by atoms with Crippen LogP contribution >= 0.6 is 11.3 Å². The summed E-state index contributed by atoms with van der Waals surface area (Å²) in [7, 11) is 0. The van der Waals surface area contributed by atoms with Gasteiger partial charge in [-0.25, -0.2) is 13.8 Å². The number of carbonyl (C=O) groups is 3. The molecule has 0 radical (unpaired) electrons. The highest BCUT2D eigenvalue weighted by Gasteiger charge is 2.24. The number of halogens is 2. The molecule has 1 aliphatic heterocycles. The van der Waals surface area contributed by atoms with E-state index in [-0.39, 0.29) is 18.0 Å². The first-order chi connectivity index (χ1) is 12.9. The molecular weight excluding hydrogens is 380 g/mol. The number of amides is 2. The lowest BCUT2D eigenvalue weighted by atomic mass is 10.3. The molecule has 1 fully saturated rings. The Morgan fingerprint density at radius 3 is 2.81 bits per heavy atom. The molecule has 1 aromatic heterocycles. The zero-order valence-corrected chi connectivity index (χ0v) is 14.9. The second kappa shape index (κ2) is 8.21. The zero-order chi connectivity index (χ0) is 19.4. The van der Waals surface area contributed by atoms with Crippen LogP contribution in [0.3, 0.4) is 0 Å². The normalized spacial score (nSPS) is 13.7. The Hall–Kier alpha value is -2.88. The number of hydrogen-bond acceptors (Lipinski definition) is 6. The molecule has 1 aliphatic rings. The third-order valence-corrected chi connectivity index (χ3v) is 4.65. The molecule has 0 aliphatic carbocycles. The number of nitrogens with one attached hydrogen (secondary N) is 1. The maximum Gasteiger partial charge on any atom is 0.312 e. The molecule has 0 saturated carbocycles. The summed E-state index contributed by atoms with van der Waals surface area (Å²) < 4.78 is 30.8. The van der Waals surface area contributed by atoms with Crippen molar-refractivity contribution >= 4 is 39.9 Å². The van der Waals surface area contributed by atoms with Gasteiger partial charge in [-0.3, -0.25) is 19.3 Å².